The van der Waals surface area contributed by atoms with E-state index in [2.05, 4.69) is 32.7 Å². The molecule has 0 spiro atoms. The van der Waals surface area contributed by atoms with Crippen molar-refractivity contribution in [2.75, 3.05) is 11.9 Å². The highest BCUT2D eigenvalue weighted by Gasteiger charge is 2.11. The highest BCUT2D eigenvalue weighted by molar-refractivity contribution is 9.11. The fourth-order valence-electron chi connectivity index (χ4n) is 1.66. The van der Waals surface area contributed by atoms with Gasteiger partial charge in [-0.3, -0.25) is 0 Å². The molecule has 100 valence electrons. The van der Waals surface area contributed by atoms with Gasteiger partial charge in [0.2, 0.25) is 0 Å². The SMILES string of the molecule is CCOC(=O)c1ccccc1NCc1csc(Br)c1. The lowest BCUT2D eigenvalue weighted by atomic mass is 10.1. The third-order valence-electron chi connectivity index (χ3n) is 2.53. The number of hydrogen-bond donors (Lipinski definition) is 1. The largest absolute Gasteiger partial charge is 0.462 e. The lowest BCUT2D eigenvalue weighted by molar-refractivity contribution is 0.0527. The standard InChI is InChI=1S/C14H14BrNO2S/c1-2-18-14(17)11-5-3-4-6-12(11)16-8-10-7-13(15)19-9-10/h3-7,9,16H,2,8H2,1H3. The molecule has 0 aliphatic carbocycles. The Morgan fingerprint density at radius 1 is 1.42 bits per heavy atom. The first kappa shape index (κ1) is 14.1. The van der Waals surface area contributed by atoms with E-state index in [9.17, 15) is 4.79 Å². The average Bonchev–Trinajstić information content (AvgIpc) is 2.83. The first-order chi connectivity index (χ1) is 9.20. The molecule has 0 atom stereocenters. The molecular weight excluding hydrogens is 326 g/mol. The van der Waals surface area contributed by atoms with Gasteiger partial charge in [0, 0.05) is 12.2 Å². The van der Waals surface area contributed by atoms with Crippen molar-refractivity contribution in [1.29, 1.82) is 0 Å². The number of esters is 1. The number of carbonyl (C=O) groups is 1. The van der Waals surface area contributed by atoms with Crippen molar-refractivity contribution < 1.29 is 9.53 Å². The third kappa shape index (κ3) is 3.81. The van der Waals surface area contributed by atoms with Crippen LogP contribution in [0.2, 0.25) is 0 Å². The van der Waals surface area contributed by atoms with Gasteiger partial charge in [-0.05, 0) is 52.0 Å². The Morgan fingerprint density at radius 2 is 2.21 bits per heavy atom. The maximum atomic E-state index is 11.8. The molecule has 0 bridgehead atoms. The molecule has 0 fully saturated rings. The van der Waals surface area contributed by atoms with Crippen molar-refractivity contribution in [1.82, 2.24) is 0 Å². The summed E-state index contributed by atoms with van der Waals surface area (Å²) in [6, 6.07) is 9.44. The summed E-state index contributed by atoms with van der Waals surface area (Å²) in [6.07, 6.45) is 0. The Hall–Kier alpha value is -1.33. The quantitative estimate of drug-likeness (QED) is 0.825. The van der Waals surface area contributed by atoms with Gasteiger partial charge < -0.3 is 10.1 Å². The Morgan fingerprint density at radius 3 is 2.89 bits per heavy atom. The average molecular weight is 340 g/mol. The van der Waals surface area contributed by atoms with Crippen LogP contribution in [-0.2, 0) is 11.3 Å². The van der Waals surface area contributed by atoms with E-state index in [4.69, 9.17) is 4.74 Å². The Labute approximate surface area is 124 Å². The van der Waals surface area contributed by atoms with E-state index >= 15 is 0 Å². The van der Waals surface area contributed by atoms with Gasteiger partial charge in [-0.2, -0.15) is 0 Å². The van der Waals surface area contributed by atoms with Crippen LogP contribution < -0.4 is 5.32 Å². The van der Waals surface area contributed by atoms with Crippen LogP contribution in [0.1, 0.15) is 22.8 Å². The second-order valence-electron chi connectivity index (χ2n) is 3.88. The van der Waals surface area contributed by atoms with E-state index in [1.807, 2.05) is 18.2 Å². The summed E-state index contributed by atoms with van der Waals surface area (Å²) in [5, 5.41) is 5.34. The van der Waals surface area contributed by atoms with Crippen molar-refractivity contribution in [3.05, 3.63) is 50.6 Å². The molecule has 1 aromatic carbocycles. The molecule has 5 heteroatoms. The first-order valence-corrected chi connectivity index (χ1v) is 7.61. The first-order valence-electron chi connectivity index (χ1n) is 5.93. The lowest BCUT2D eigenvalue weighted by Gasteiger charge is -2.10. The minimum absolute atomic E-state index is 0.294. The molecule has 19 heavy (non-hydrogen) atoms. The highest BCUT2D eigenvalue weighted by atomic mass is 79.9. The summed E-state index contributed by atoms with van der Waals surface area (Å²) in [6.45, 7) is 2.86. The number of rotatable bonds is 5. The smallest absolute Gasteiger partial charge is 0.340 e. The summed E-state index contributed by atoms with van der Waals surface area (Å²) in [5.74, 6) is -0.294. The second-order valence-corrected chi connectivity index (χ2v) is 6.17. The van der Waals surface area contributed by atoms with E-state index in [-0.39, 0.29) is 5.97 Å². The fraction of sp³-hybridized carbons (Fsp3) is 0.214. The molecule has 0 radical (unpaired) electrons. The second kappa shape index (κ2) is 6.73. The van der Waals surface area contributed by atoms with Gasteiger partial charge in [-0.25, -0.2) is 4.79 Å². The zero-order valence-electron chi connectivity index (χ0n) is 10.5. The number of benzene rings is 1. The topological polar surface area (TPSA) is 38.3 Å². The van der Waals surface area contributed by atoms with Crippen molar-refractivity contribution in [2.45, 2.75) is 13.5 Å². The minimum Gasteiger partial charge on any atom is -0.462 e. The number of ether oxygens (including phenoxy) is 1. The Balaban J connectivity index is 2.09. The zero-order valence-corrected chi connectivity index (χ0v) is 12.9. The van der Waals surface area contributed by atoms with Gasteiger partial charge >= 0.3 is 5.97 Å². The van der Waals surface area contributed by atoms with E-state index in [0.29, 0.717) is 18.7 Å². The number of nitrogens with one attached hydrogen (secondary N) is 1. The Kier molecular flexibility index (Phi) is 4.99. The van der Waals surface area contributed by atoms with Gasteiger partial charge in [0.15, 0.2) is 0 Å². The van der Waals surface area contributed by atoms with E-state index in [0.717, 1.165) is 9.47 Å². The normalized spacial score (nSPS) is 10.2. The van der Waals surface area contributed by atoms with Gasteiger partial charge in [0.25, 0.3) is 0 Å². The number of para-hydroxylation sites is 1. The molecular formula is C14H14BrNO2S. The molecule has 3 nitrogen and oxygen atoms in total. The molecule has 0 saturated carbocycles. The minimum atomic E-state index is -0.294. The van der Waals surface area contributed by atoms with Crippen molar-refractivity contribution in [3.8, 4) is 0 Å². The van der Waals surface area contributed by atoms with Crippen molar-refractivity contribution in [2.24, 2.45) is 0 Å². The van der Waals surface area contributed by atoms with Crippen LogP contribution in [0.15, 0.2) is 39.5 Å². The van der Waals surface area contributed by atoms with Gasteiger partial charge in [-0.15, -0.1) is 11.3 Å². The molecule has 1 heterocycles. The number of halogens is 1. The number of anilines is 1. The van der Waals surface area contributed by atoms with Crippen LogP contribution in [-0.4, -0.2) is 12.6 Å². The van der Waals surface area contributed by atoms with Gasteiger partial charge in [0.05, 0.1) is 16.0 Å². The Bertz CT molecular complexity index is 568. The summed E-state index contributed by atoms with van der Waals surface area (Å²) >= 11 is 5.08. The van der Waals surface area contributed by atoms with Crippen LogP contribution in [0.25, 0.3) is 0 Å². The van der Waals surface area contributed by atoms with Crippen LogP contribution in [0.5, 0.6) is 0 Å². The summed E-state index contributed by atoms with van der Waals surface area (Å²) in [7, 11) is 0. The number of carbonyl (C=O) groups excluding carboxylic acids is 1. The summed E-state index contributed by atoms with van der Waals surface area (Å²) in [5.41, 5.74) is 2.54. The van der Waals surface area contributed by atoms with Crippen molar-refractivity contribution >= 4 is 38.9 Å². The van der Waals surface area contributed by atoms with E-state index < -0.39 is 0 Å². The maximum Gasteiger partial charge on any atom is 0.340 e. The van der Waals surface area contributed by atoms with Gasteiger partial charge in [-0.1, -0.05) is 12.1 Å². The summed E-state index contributed by atoms with van der Waals surface area (Å²) in [4.78, 5) is 11.8. The monoisotopic (exact) mass is 339 g/mol. The van der Waals surface area contributed by atoms with Crippen LogP contribution in [0, 0.1) is 0 Å². The predicted molar refractivity (Wildman–Crippen MR) is 81.7 cm³/mol. The molecule has 0 amide bonds. The van der Waals surface area contributed by atoms with Crippen molar-refractivity contribution in [3.63, 3.8) is 0 Å². The van der Waals surface area contributed by atoms with E-state index in [1.165, 1.54) is 5.56 Å². The fourth-order valence-corrected chi connectivity index (χ4v) is 2.87. The maximum absolute atomic E-state index is 11.8. The lowest BCUT2D eigenvalue weighted by Crippen LogP contribution is -2.09. The summed E-state index contributed by atoms with van der Waals surface area (Å²) < 4.78 is 6.14. The molecule has 0 unspecified atom stereocenters. The van der Waals surface area contributed by atoms with Crippen LogP contribution in [0.4, 0.5) is 5.69 Å². The molecule has 2 aromatic rings. The molecule has 0 saturated heterocycles. The molecule has 0 aliphatic heterocycles. The molecule has 1 N–H and O–H groups in total. The number of thiophene rings is 1. The molecule has 0 aliphatic rings. The molecule has 2 rings (SSSR count). The third-order valence-corrected chi connectivity index (χ3v) is 4.08. The van der Waals surface area contributed by atoms with Crippen LogP contribution in [0.3, 0.4) is 0 Å². The highest BCUT2D eigenvalue weighted by Crippen LogP contribution is 2.22. The molecule has 1 aromatic heterocycles. The number of hydrogen-bond acceptors (Lipinski definition) is 4. The van der Waals surface area contributed by atoms with E-state index in [1.54, 1.807) is 24.3 Å². The zero-order chi connectivity index (χ0) is 13.7. The van der Waals surface area contributed by atoms with Gasteiger partial charge in [0.1, 0.15) is 0 Å². The predicted octanol–water partition coefficient (Wildman–Crippen LogP) is 4.30. The van der Waals surface area contributed by atoms with Crippen LogP contribution >= 0.6 is 27.3 Å².